The summed E-state index contributed by atoms with van der Waals surface area (Å²) >= 11 is 7.19. The van der Waals surface area contributed by atoms with Crippen LogP contribution in [-0.4, -0.2) is 29.6 Å². The number of amides is 1. The first kappa shape index (κ1) is 13.3. The lowest BCUT2D eigenvalue weighted by atomic mass is 10.1. The molecular formula is C13H17ClN2O2S. The molecule has 2 unspecified atom stereocenters. The third-order valence-electron chi connectivity index (χ3n) is 3.62. The lowest BCUT2D eigenvalue weighted by Gasteiger charge is -2.19. The van der Waals surface area contributed by atoms with Gasteiger partial charge >= 0.3 is 0 Å². The van der Waals surface area contributed by atoms with E-state index in [0.717, 1.165) is 23.7 Å². The van der Waals surface area contributed by atoms with E-state index in [2.05, 4.69) is 10.3 Å². The standard InChI is InChI=1S/C13H17ClN2O2S/c14-6-9-7-19-12(15-9)5-11(17)16-10-3-4-18-13(10)8-1-2-8/h7-8,10,13H,1-6H2,(H,16,17). The average Bonchev–Trinajstić information content (AvgIpc) is 2.97. The molecule has 1 amide bonds. The highest BCUT2D eigenvalue weighted by atomic mass is 35.5. The van der Waals surface area contributed by atoms with E-state index in [0.29, 0.717) is 18.2 Å². The summed E-state index contributed by atoms with van der Waals surface area (Å²) in [4.78, 5) is 16.3. The number of ether oxygens (including phenoxy) is 1. The van der Waals surface area contributed by atoms with E-state index in [1.807, 2.05) is 5.38 Å². The second kappa shape index (κ2) is 5.77. The first-order valence-corrected chi connectivity index (χ1v) is 8.08. The van der Waals surface area contributed by atoms with Crippen LogP contribution in [0.2, 0.25) is 0 Å². The van der Waals surface area contributed by atoms with Gasteiger partial charge in [-0.1, -0.05) is 0 Å². The Morgan fingerprint density at radius 3 is 3.05 bits per heavy atom. The molecule has 1 aromatic rings. The molecule has 1 aliphatic heterocycles. The van der Waals surface area contributed by atoms with Crippen LogP contribution >= 0.6 is 22.9 Å². The lowest BCUT2D eigenvalue weighted by Crippen LogP contribution is -2.42. The fraction of sp³-hybridized carbons (Fsp3) is 0.692. The second-order valence-electron chi connectivity index (χ2n) is 5.18. The number of carbonyl (C=O) groups excluding carboxylic acids is 1. The zero-order valence-corrected chi connectivity index (χ0v) is 12.2. The topological polar surface area (TPSA) is 51.2 Å². The molecule has 1 aliphatic carbocycles. The molecule has 2 aliphatic rings. The molecular weight excluding hydrogens is 284 g/mol. The summed E-state index contributed by atoms with van der Waals surface area (Å²) < 4.78 is 5.72. The Balaban J connectivity index is 1.52. The first-order chi connectivity index (χ1) is 9.26. The summed E-state index contributed by atoms with van der Waals surface area (Å²) in [5.74, 6) is 1.10. The van der Waals surface area contributed by atoms with Gasteiger partial charge in [0.05, 0.1) is 30.1 Å². The number of alkyl halides is 1. The quantitative estimate of drug-likeness (QED) is 0.847. The summed E-state index contributed by atoms with van der Waals surface area (Å²) in [6, 6.07) is 0.187. The van der Waals surface area contributed by atoms with Crippen LogP contribution in [-0.2, 0) is 21.8 Å². The predicted molar refractivity (Wildman–Crippen MR) is 74.4 cm³/mol. The first-order valence-electron chi connectivity index (χ1n) is 6.66. The maximum Gasteiger partial charge on any atom is 0.227 e. The summed E-state index contributed by atoms with van der Waals surface area (Å²) in [6.07, 6.45) is 3.98. The van der Waals surface area contributed by atoms with Crippen molar-refractivity contribution >= 4 is 28.8 Å². The molecule has 4 nitrogen and oxygen atoms in total. The van der Waals surface area contributed by atoms with E-state index < -0.39 is 0 Å². The molecule has 1 saturated heterocycles. The predicted octanol–water partition coefficient (Wildman–Crippen LogP) is 2.11. The molecule has 0 radical (unpaired) electrons. The summed E-state index contributed by atoms with van der Waals surface area (Å²) in [5, 5.41) is 5.83. The molecule has 1 aromatic heterocycles. The van der Waals surface area contributed by atoms with Crippen molar-refractivity contribution in [3.8, 4) is 0 Å². The van der Waals surface area contributed by atoms with Crippen molar-refractivity contribution in [3.05, 3.63) is 16.1 Å². The Labute approximate surface area is 121 Å². The molecule has 3 rings (SSSR count). The lowest BCUT2D eigenvalue weighted by molar-refractivity contribution is -0.121. The van der Waals surface area contributed by atoms with Crippen LogP contribution in [0, 0.1) is 5.92 Å². The SMILES string of the molecule is O=C(Cc1nc(CCl)cs1)NC1CCOC1C1CC1. The minimum atomic E-state index is 0.0385. The summed E-state index contributed by atoms with van der Waals surface area (Å²) in [7, 11) is 0. The minimum Gasteiger partial charge on any atom is -0.376 e. The molecule has 0 aromatic carbocycles. The fourth-order valence-electron chi connectivity index (χ4n) is 2.54. The molecule has 0 bridgehead atoms. The number of hydrogen-bond donors (Lipinski definition) is 1. The number of nitrogens with one attached hydrogen (secondary N) is 1. The highest BCUT2D eigenvalue weighted by Gasteiger charge is 2.41. The molecule has 2 heterocycles. The van der Waals surface area contributed by atoms with Crippen LogP contribution in [0.1, 0.15) is 30.0 Å². The average molecular weight is 301 g/mol. The number of hydrogen-bond acceptors (Lipinski definition) is 4. The molecule has 1 N–H and O–H groups in total. The maximum atomic E-state index is 12.0. The zero-order valence-electron chi connectivity index (χ0n) is 10.6. The van der Waals surface area contributed by atoms with Gasteiger partial charge in [0, 0.05) is 12.0 Å². The van der Waals surface area contributed by atoms with Crippen LogP contribution in [0.15, 0.2) is 5.38 Å². The molecule has 2 atom stereocenters. The van der Waals surface area contributed by atoms with Crippen molar-refractivity contribution in [1.29, 1.82) is 0 Å². The Morgan fingerprint density at radius 1 is 1.53 bits per heavy atom. The molecule has 6 heteroatoms. The van der Waals surface area contributed by atoms with Crippen LogP contribution < -0.4 is 5.32 Å². The molecule has 104 valence electrons. The number of halogens is 1. The van der Waals surface area contributed by atoms with Crippen LogP contribution in [0.4, 0.5) is 0 Å². The van der Waals surface area contributed by atoms with Gasteiger partial charge in [0.15, 0.2) is 0 Å². The number of carbonyl (C=O) groups is 1. The number of rotatable bonds is 5. The fourth-order valence-corrected chi connectivity index (χ4v) is 3.56. The van der Waals surface area contributed by atoms with Gasteiger partial charge in [0.2, 0.25) is 5.91 Å². The highest BCUT2D eigenvalue weighted by molar-refractivity contribution is 7.09. The van der Waals surface area contributed by atoms with Gasteiger partial charge in [0.1, 0.15) is 5.01 Å². The van der Waals surface area contributed by atoms with Crippen LogP contribution in [0.25, 0.3) is 0 Å². The summed E-state index contributed by atoms with van der Waals surface area (Å²) in [5.41, 5.74) is 0.842. The van der Waals surface area contributed by atoms with E-state index in [-0.39, 0.29) is 18.1 Å². The van der Waals surface area contributed by atoms with Gasteiger partial charge in [-0.15, -0.1) is 22.9 Å². The Hall–Kier alpha value is -0.650. The van der Waals surface area contributed by atoms with Crippen molar-refractivity contribution in [1.82, 2.24) is 10.3 Å². The summed E-state index contributed by atoms with van der Waals surface area (Å²) in [6.45, 7) is 0.764. The van der Waals surface area contributed by atoms with Crippen LogP contribution in [0.5, 0.6) is 0 Å². The number of thiazole rings is 1. The second-order valence-corrected chi connectivity index (χ2v) is 6.39. The minimum absolute atomic E-state index is 0.0385. The van der Waals surface area contributed by atoms with Crippen LogP contribution in [0.3, 0.4) is 0 Å². The van der Waals surface area contributed by atoms with Gasteiger partial charge in [-0.25, -0.2) is 4.98 Å². The smallest absolute Gasteiger partial charge is 0.227 e. The largest absolute Gasteiger partial charge is 0.376 e. The van der Waals surface area contributed by atoms with E-state index in [4.69, 9.17) is 16.3 Å². The Kier molecular flexibility index (Phi) is 4.05. The Morgan fingerprint density at radius 2 is 2.37 bits per heavy atom. The van der Waals surface area contributed by atoms with Gasteiger partial charge in [-0.05, 0) is 25.2 Å². The van der Waals surface area contributed by atoms with Crippen molar-refractivity contribution in [2.24, 2.45) is 5.92 Å². The van der Waals surface area contributed by atoms with Crippen molar-refractivity contribution < 1.29 is 9.53 Å². The highest BCUT2D eigenvalue weighted by Crippen LogP contribution is 2.38. The van der Waals surface area contributed by atoms with E-state index in [9.17, 15) is 4.79 Å². The van der Waals surface area contributed by atoms with E-state index >= 15 is 0 Å². The van der Waals surface area contributed by atoms with Gasteiger partial charge in [-0.3, -0.25) is 4.79 Å². The zero-order chi connectivity index (χ0) is 13.2. The molecule has 19 heavy (non-hydrogen) atoms. The normalized spacial score (nSPS) is 26.6. The molecule has 0 spiro atoms. The molecule has 2 fully saturated rings. The third-order valence-corrected chi connectivity index (χ3v) is 4.79. The third kappa shape index (κ3) is 3.27. The number of aromatic nitrogens is 1. The molecule has 1 saturated carbocycles. The van der Waals surface area contributed by atoms with Crippen molar-refractivity contribution in [2.45, 2.75) is 43.7 Å². The van der Waals surface area contributed by atoms with Crippen molar-refractivity contribution in [2.75, 3.05) is 6.61 Å². The van der Waals surface area contributed by atoms with E-state index in [1.54, 1.807) is 0 Å². The maximum absolute atomic E-state index is 12.0. The van der Waals surface area contributed by atoms with Gasteiger partial charge in [-0.2, -0.15) is 0 Å². The van der Waals surface area contributed by atoms with Gasteiger partial charge in [0.25, 0.3) is 0 Å². The monoisotopic (exact) mass is 300 g/mol. The van der Waals surface area contributed by atoms with E-state index in [1.165, 1.54) is 24.2 Å². The van der Waals surface area contributed by atoms with Crippen molar-refractivity contribution in [3.63, 3.8) is 0 Å². The number of nitrogens with zero attached hydrogens (tertiary/aromatic N) is 1. The van der Waals surface area contributed by atoms with Gasteiger partial charge < -0.3 is 10.1 Å². The Bertz CT molecular complexity index is 461.